The molecular weight excluding hydrogens is 422 g/mol. The SMILES string of the molecule is CCNC(=O)Nc1cc(Nc2ccccc2)c(C(=O)Nc2ccc(/C=C/C(=O)O)cc2)cn1. The molecule has 0 radical (unpaired) electrons. The number of anilines is 4. The smallest absolute Gasteiger partial charge is 0.328 e. The lowest BCUT2D eigenvalue weighted by Crippen LogP contribution is -2.28. The van der Waals surface area contributed by atoms with Gasteiger partial charge in [-0.3, -0.25) is 10.1 Å². The third-order valence-corrected chi connectivity index (χ3v) is 4.37. The Morgan fingerprint density at radius 1 is 0.970 bits per heavy atom. The van der Waals surface area contributed by atoms with Gasteiger partial charge in [0.05, 0.1) is 11.3 Å². The molecule has 0 aliphatic carbocycles. The molecule has 0 aliphatic heterocycles. The summed E-state index contributed by atoms with van der Waals surface area (Å²) in [7, 11) is 0. The van der Waals surface area contributed by atoms with Crippen molar-refractivity contribution in [2.24, 2.45) is 0 Å². The van der Waals surface area contributed by atoms with Gasteiger partial charge in [0, 0.05) is 36.3 Å². The summed E-state index contributed by atoms with van der Waals surface area (Å²) in [5, 5.41) is 20.0. The average molecular weight is 445 g/mol. The number of nitrogens with zero attached hydrogens (tertiary/aromatic N) is 1. The molecule has 0 bridgehead atoms. The minimum atomic E-state index is -1.04. The number of urea groups is 1. The van der Waals surface area contributed by atoms with Gasteiger partial charge in [-0.2, -0.15) is 0 Å². The maximum atomic E-state index is 13.0. The molecule has 9 nitrogen and oxygen atoms in total. The molecule has 0 unspecified atom stereocenters. The van der Waals surface area contributed by atoms with Gasteiger partial charge in [-0.05, 0) is 42.8 Å². The molecule has 1 heterocycles. The van der Waals surface area contributed by atoms with Crippen LogP contribution in [0.5, 0.6) is 0 Å². The number of nitrogens with one attached hydrogen (secondary N) is 4. The van der Waals surface area contributed by atoms with Gasteiger partial charge in [-0.15, -0.1) is 0 Å². The van der Waals surface area contributed by atoms with Crippen LogP contribution in [-0.2, 0) is 4.79 Å². The van der Waals surface area contributed by atoms with Crippen molar-refractivity contribution in [2.45, 2.75) is 6.92 Å². The molecule has 2 aromatic carbocycles. The lowest BCUT2D eigenvalue weighted by Gasteiger charge is -2.14. The van der Waals surface area contributed by atoms with Gasteiger partial charge in [0.1, 0.15) is 5.82 Å². The number of benzene rings is 2. The Labute approximate surface area is 190 Å². The minimum Gasteiger partial charge on any atom is -0.478 e. The van der Waals surface area contributed by atoms with Crippen LogP contribution in [0.4, 0.5) is 27.7 Å². The molecule has 3 amide bonds. The molecule has 0 atom stereocenters. The van der Waals surface area contributed by atoms with Crippen molar-refractivity contribution in [1.82, 2.24) is 10.3 Å². The standard InChI is InChI=1S/C24H23N5O4/c1-2-25-24(33)29-21-14-20(27-17-6-4-3-5-7-17)19(15-26-21)23(32)28-18-11-8-16(9-12-18)10-13-22(30)31/h3-15H,2H2,1H3,(H,28,32)(H,30,31)(H3,25,26,27,29,33)/b13-10+. The Kier molecular flexibility index (Phi) is 7.74. The van der Waals surface area contributed by atoms with E-state index in [1.54, 1.807) is 37.3 Å². The third kappa shape index (κ3) is 6.93. The van der Waals surface area contributed by atoms with Gasteiger partial charge in [0.15, 0.2) is 0 Å². The fourth-order valence-corrected chi connectivity index (χ4v) is 2.85. The van der Waals surface area contributed by atoms with Crippen LogP contribution in [-0.4, -0.2) is 34.5 Å². The van der Waals surface area contributed by atoms with E-state index in [2.05, 4.69) is 26.3 Å². The molecule has 1 aromatic heterocycles. The number of carbonyl (C=O) groups excluding carboxylic acids is 2. The van der Waals surface area contributed by atoms with E-state index in [-0.39, 0.29) is 11.4 Å². The summed E-state index contributed by atoms with van der Waals surface area (Å²) in [4.78, 5) is 39.7. The topological polar surface area (TPSA) is 132 Å². The molecule has 0 spiro atoms. The third-order valence-electron chi connectivity index (χ3n) is 4.37. The molecule has 0 fully saturated rings. The van der Waals surface area contributed by atoms with Gasteiger partial charge in [0.25, 0.3) is 5.91 Å². The monoisotopic (exact) mass is 445 g/mol. The maximum Gasteiger partial charge on any atom is 0.328 e. The normalized spacial score (nSPS) is 10.5. The summed E-state index contributed by atoms with van der Waals surface area (Å²) in [6.45, 7) is 2.27. The number of para-hydroxylation sites is 1. The second-order valence-electron chi connectivity index (χ2n) is 6.84. The number of hydrogen-bond donors (Lipinski definition) is 5. The second-order valence-corrected chi connectivity index (χ2v) is 6.84. The van der Waals surface area contributed by atoms with Crippen LogP contribution in [0.25, 0.3) is 6.08 Å². The molecule has 0 saturated heterocycles. The lowest BCUT2D eigenvalue weighted by atomic mass is 10.1. The summed E-state index contributed by atoms with van der Waals surface area (Å²) < 4.78 is 0. The van der Waals surface area contributed by atoms with Crippen molar-refractivity contribution in [3.05, 3.63) is 84.1 Å². The molecule has 33 heavy (non-hydrogen) atoms. The van der Waals surface area contributed by atoms with Crippen LogP contribution < -0.4 is 21.3 Å². The molecule has 9 heteroatoms. The van der Waals surface area contributed by atoms with Gasteiger partial charge in [-0.25, -0.2) is 14.6 Å². The summed E-state index contributed by atoms with van der Waals surface area (Å²) in [6.07, 6.45) is 3.88. The molecule has 3 aromatic rings. The number of pyridine rings is 1. The molecule has 0 aliphatic rings. The Balaban J connectivity index is 1.82. The van der Waals surface area contributed by atoms with E-state index < -0.39 is 17.9 Å². The van der Waals surface area contributed by atoms with E-state index in [9.17, 15) is 14.4 Å². The zero-order valence-corrected chi connectivity index (χ0v) is 17.8. The Morgan fingerprint density at radius 3 is 2.36 bits per heavy atom. The largest absolute Gasteiger partial charge is 0.478 e. The Morgan fingerprint density at radius 2 is 1.70 bits per heavy atom. The summed E-state index contributed by atoms with van der Waals surface area (Å²) in [5.74, 6) is -1.16. The number of carboxylic acids is 1. The van der Waals surface area contributed by atoms with Crippen LogP contribution in [0.15, 0.2) is 72.9 Å². The zero-order valence-electron chi connectivity index (χ0n) is 17.8. The van der Waals surface area contributed by atoms with E-state index in [4.69, 9.17) is 5.11 Å². The predicted octanol–water partition coefficient (Wildman–Crippen LogP) is 4.32. The van der Waals surface area contributed by atoms with Crippen molar-refractivity contribution in [1.29, 1.82) is 0 Å². The molecular formula is C24H23N5O4. The van der Waals surface area contributed by atoms with Crippen molar-refractivity contribution < 1.29 is 19.5 Å². The molecule has 168 valence electrons. The highest BCUT2D eigenvalue weighted by Crippen LogP contribution is 2.24. The van der Waals surface area contributed by atoms with E-state index in [1.165, 1.54) is 12.3 Å². The zero-order chi connectivity index (χ0) is 23.6. The first-order chi connectivity index (χ1) is 15.9. The highest BCUT2D eigenvalue weighted by molar-refractivity contribution is 6.08. The van der Waals surface area contributed by atoms with Crippen molar-refractivity contribution in [2.75, 3.05) is 22.5 Å². The van der Waals surface area contributed by atoms with Crippen LogP contribution in [0.1, 0.15) is 22.8 Å². The number of carboxylic acid groups (broad SMARTS) is 1. The Bertz CT molecular complexity index is 1160. The van der Waals surface area contributed by atoms with Crippen molar-refractivity contribution in [3.8, 4) is 0 Å². The molecule has 5 N–H and O–H groups in total. The fourth-order valence-electron chi connectivity index (χ4n) is 2.85. The van der Waals surface area contributed by atoms with Crippen LogP contribution in [0.2, 0.25) is 0 Å². The number of rotatable bonds is 8. The summed E-state index contributed by atoms with van der Waals surface area (Å²) in [6, 6.07) is 17.2. The Hall–Kier alpha value is -4.66. The fraction of sp³-hybridized carbons (Fsp3) is 0.0833. The quantitative estimate of drug-likeness (QED) is 0.328. The number of hydrogen-bond acceptors (Lipinski definition) is 5. The van der Waals surface area contributed by atoms with Crippen molar-refractivity contribution >= 4 is 46.9 Å². The maximum absolute atomic E-state index is 13.0. The number of aromatic nitrogens is 1. The first kappa shape index (κ1) is 23.0. The van der Waals surface area contributed by atoms with E-state index in [0.29, 0.717) is 23.5 Å². The van der Waals surface area contributed by atoms with Crippen LogP contribution >= 0.6 is 0 Å². The molecule has 0 saturated carbocycles. The highest BCUT2D eigenvalue weighted by atomic mass is 16.4. The predicted molar refractivity (Wildman–Crippen MR) is 128 cm³/mol. The number of aliphatic carboxylic acids is 1. The van der Waals surface area contributed by atoms with Gasteiger partial charge in [0.2, 0.25) is 0 Å². The number of carbonyl (C=O) groups is 3. The summed E-state index contributed by atoms with van der Waals surface area (Å²) >= 11 is 0. The first-order valence-electron chi connectivity index (χ1n) is 10.1. The van der Waals surface area contributed by atoms with Gasteiger partial charge >= 0.3 is 12.0 Å². The van der Waals surface area contributed by atoms with E-state index in [1.807, 2.05) is 30.3 Å². The highest BCUT2D eigenvalue weighted by Gasteiger charge is 2.15. The van der Waals surface area contributed by atoms with E-state index >= 15 is 0 Å². The number of amides is 3. The molecule has 3 rings (SSSR count). The van der Waals surface area contributed by atoms with Gasteiger partial charge < -0.3 is 21.1 Å². The second kappa shape index (κ2) is 11.1. The first-order valence-corrected chi connectivity index (χ1v) is 10.1. The average Bonchev–Trinajstić information content (AvgIpc) is 2.79. The van der Waals surface area contributed by atoms with E-state index in [0.717, 1.165) is 11.8 Å². The minimum absolute atomic E-state index is 0.273. The lowest BCUT2D eigenvalue weighted by molar-refractivity contribution is -0.131. The summed E-state index contributed by atoms with van der Waals surface area (Å²) in [5.41, 5.74) is 2.71. The van der Waals surface area contributed by atoms with Crippen molar-refractivity contribution in [3.63, 3.8) is 0 Å². The van der Waals surface area contributed by atoms with Crippen LogP contribution in [0.3, 0.4) is 0 Å². The van der Waals surface area contributed by atoms with Crippen LogP contribution in [0, 0.1) is 0 Å². The van der Waals surface area contributed by atoms with Gasteiger partial charge in [-0.1, -0.05) is 30.3 Å².